The average molecular weight is 222 g/mol. The van der Waals surface area contributed by atoms with E-state index in [0.717, 1.165) is 17.9 Å². The number of pyridine rings is 1. The van der Waals surface area contributed by atoms with Crippen LogP contribution in [0.4, 0.5) is 0 Å². The summed E-state index contributed by atoms with van der Waals surface area (Å²) in [7, 11) is 1.87. The number of carboxylic acids is 1. The summed E-state index contributed by atoms with van der Waals surface area (Å²) < 4.78 is 0. The second-order valence-corrected chi connectivity index (χ2v) is 4.55. The number of nitrogens with zero attached hydrogens (tertiary/aromatic N) is 1. The summed E-state index contributed by atoms with van der Waals surface area (Å²) in [6, 6.07) is 3.89. The molecule has 0 aliphatic carbocycles. The molecule has 0 bridgehead atoms. The summed E-state index contributed by atoms with van der Waals surface area (Å²) in [6.45, 7) is 4.12. The number of hydrogen-bond acceptors (Lipinski definition) is 3. The van der Waals surface area contributed by atoms with Crippen LogP contribution in [0.3, 0.4) is 0 Å². The number of nitrogens with one attached hydrogen (secondary N) is 1. The van der Waals surface area contributed by atoms with Gasteiger partial charge in [0.1, 0.15) is 11.5 Å². The van der Waals surface area contributed by atoms with Crippen LogP contribution >= 0.6 is 0 Å². The first-order valence-corrected chi connectivity index (χ1v) is 5.38. The van der Waals surface area contributed by atoms with Crippen LogP contribution in [0.5, 0.6) is 0 Å². The molecule has 1 N–H and O–H groups in total. The fourth-order valence-electron chi connectivity index (χ4n) is 1.37. The molecule has 88 valence electrons. The van der Waals surface area contributed by atoms with Crippen LogP contribution < -0.4 is 10.0 Å². The van der Waals surface area contributed by atoms with E-state index in [4.69, 9.17) is 0 Å². The molecular weight excluding hydrogens is 204 g/mol. The Morgan fingerprint density at radius 1 is 1.44 bits per heavy atom. The van der Waals surface area contributed by atoms with Crippen LogP contribution in [-0.2, 0) is 11.2 Å². The Balaban J connectivity index is 2.53. The van der Waals surface area contributed by atoms with Crippen molar-refractivity contribution < 1.29 is 14.8 Å². The van der Waals surface area contributed by atoms with Gasteiger partial charge in [0.05, 0.1) is 13.6 Å². The van der Waals surface area contributed by atoms with Crippen molar-refractivity contribution in [2.24, 2.45) is 0 Å². The Morgan fingerprint density at radius 2 is 2.00 bits per heavy atom. The molecule has 0 fully saturated rings. The largest absolute Gasteiger partial charge is 0.544 e. The van der Waals surface area contributed by atoms with E-state index in [1.54, 1.807) is 26.2 Å². The van der Waals surface area contributed by atoms with Gasteiger partial charge in [0.15, 0.2) is 0 Å². The van der Waals surface area contributed by atoms with Crippen molar-refractivity contribution in [2.75, 3.05) is 13.6 Å². The van der Waals surface area contributed by atoms with Gasteiger partial charge in [-0.05, 0) is 31.5 Å². The molecule has 0 aromatic carbocycles. The van der Waals surface area contributed by atoms with E-state index in [1.807, 2.05) is 19.2 Å². The summed E-state index contributed by atoms with van der Waals surface area (Å²) in [5, 5.41) is 10.9. The Bertz CT molecular complexity index is 349. The third kappa shape index (κ3) is 3.03. The normalized spacial score (nSPS) is 13.4. The van der Waals surface area contributed by atoms with Gasteiger partial charge in [-0.2, -0.15) is 0 Å². The topological polar surface area (TPSA) is 57.5 Å². The van der Waals surface area contributed by atoms with E-state index in [0.29, 0.717) is 0 Å². The third-order valence-electron chi connectivity index (χ3n) is 3.12. The minimum Gasteiger partial charge on any atom is -0.544 e. The molecule has 1 heterocycles. The number of carbonyl (C=O) groups excluding carboxylic acids is 1. The van der Waals surface area contributed by atoms with Crippen molar-refractivity contribution in [1.82, 2.24) is 4.98 Å². The SMILES string of the molecule is C[NH+](CCc1ccncc1)C(C)(C)C(=O)[O-]. The molecule has 0 amide bonds. The first-order valence-electron chi connectivity index (χ1n) is 5.38. The number of aliphatic carboxylic acids is 1. The van der Waals surface area contributed by atoms with Crippen molar-refractivity contribution >= 4 is 5.97 Å². The van der Waals surface area contributed by atoms with Crippen LogP contribution in [0, 0.1) is 0 Å². The summed E-state index contributed by atoms with van der Waals surface area (Å²) >= 11 is 0. The van der Waals surface area contributed by atoms with Gasteiger partial charge in [0.25, 0.3) is 0 Å². The second-order valence-electron chi connectivity index (χ2n) is 4.55. The number of carbonyl (C=O) groups is 1. The van der Waals surface area contributed by atoms with Gasteiger partial charge >= 0.3 is 0 Å². The average Bonchev–Trinajstić information content (AvgIpc) is 2.27. The van der Waals surface area contributed by atoms with Crippen molar-refractivity contribution in [1.29, 1.82) is 0 Å². The molecular formula is C12H18N2O2. The van der Waals surface area contributed by atoms with Crippen LogP contribution in [0.2, 0.25) is 0 Å². The molecule has 0 radical (unpaired) electrons. The molecule has 1 rings (SSSR count). The molecule has 0 saturated carbocycles. The molecule has 0 aliphatic heterocycles. The first kappa shape index (κ1) is 12.6. The van der Waals surface area contributed by atoms with Gasteiger partial charge in [-0.15, -0.1) is 0 Å². The highest BCUT2D eigenvalue weighted by molar-refractivity contribution is 5.73. The predicted molar refractivity (Wildman–Crippen MR) is 58.8 cm³/mol. The highest BCUT2D eigenvalue weighted by Gasteiger charge is 2.28. The summed E-state index contributed by atoms with van der Waals surface area (Å²) in [6.07, 6.45) is 4.33. The molecule has 0 aliphatic rings. The Kier molecular flexibility index (Phi) is 4.01. The van der Waals surface area contributed by atoms with Gasteiger partial charge < -0.3 is 14.8 Å². The van der Waals surface area contributed by atoms with Gasteiger partial charge in [-0.3, -0.25) is 4.98 Å². The van der Waals surface area contributed by atoms with Crippen LogP contribution in [0.1, 0.15) is 19.4 Å². The van der Waals surface area contributed by atoms with E-state index in [9.17, 15) is 9.90 Å². The summed E-state index contributed by atoms with van der Waals surface area (Å²) in [5.74, 6) is -1.01. The lowest BCUT2D eigenvalue weighted by molar-refractivity contribution is -0.922. The van der Waals surface area contributed by atoms with E-state index in [1.165, 1.54) is 5.56 Å². The van der Waals surface area contributed by atoms with Crippen LogP contribution in [0.15, 0.2) is 24.5 Å². The highest BCUT2D eigenvalue weighted by atomic mass is 16.4. The quantitative estimate of drug-likeness (QED) is 0.671. The summed E-state index contributed by atoms with van der Waals surface area (Å²) in [5.41, 5.74) is 0.316. The Hall–Kier alpha value is -1.42. The number of hydrogen-bond donors (Lipinski definition) is 1. The molecule has 1 aromatic heterocycles. The van der Waals surface area contributed by atoms with Crippen LogP contribution in [-0.4, -0.2) is 30.1 Å². The zero-order valence-corrected chi connectivity index (χ0v) is 9.99. The van der Waals surface area contributed by atoms with Gasteiger partial charge in [-0.25, -0.2) is 0 Å². The number of rotatable bonds is 5. The molecule has 4 heteroatoms. The number of likely N-dealkylation sites (N-methyl/N-ethyl adjacent to an activating group) is 1. The van der Waals surface area contributed by atoms with Crippen molar-refractivity contribution in [3.05, 3.63) is 30.1 Å². The smallest absolute Gasteiger partial charge is 0.132 e. The highest BCUT2D eigenvalue weighted by Crippen LogP contribution is 1.97. The maximum absolute atomic E-state index is 10.9. The minimum absolute atomic E-state index is 0.755. The maximum atomic E-state index is 10.9. The number of quaternary nitrogens is 1. The lowest BCUT2D eigenvalue weighted by Gasteiger charge is -2.33. The van der Waals surface area contributed by atoms with Crippen molar-refractivity contribution in [3.8, 4) is 0 Å². The van der Waals surface area contributed by atoms with Gasteiger partial charge in [0, 0.05) is 18.8 Å². The van der Waals surface area contributed by atoms with Crippen LogP contribution in [0.25, 0.3) is 0 Å². The minimum atomic E-state index is -1.01. The monoisotopic (exact) mass is 222 g/mol. The molecule has 1 unspecified atom stereocenters. The van der Waals surface area contributed by atoms with Crippen molar-refractivity contribution in [3.63, 3.8) is 0 Å². The van der Waals surface area contributed by atoms with E-state index in [2.05, 4.69) is 4.98 Å². The van der Waals surface area contributed by atoms with Gasteiger partial charge in [0.2, 0.25) is 0 Å². The molecule has 16 heavy (non-hydrogen) atoms. The second kappa shape index (κ2) is 5.07. The van der Waals surface area contributed by atoms with Crippen molar-refractivity contribution in [2.45, 2.75) is 25.8 Å². The molecule has 0 saturated heterocycles. The predicted octanol–water partition coefficient (Wildman–Crippen LogP) is -1.33. The maximum Gasteiger partial charge on any atom is 0.132 e. The van der Waals surface area contributed by atoms with E-state index < -0.39 is 11.5 Å². The molecule has 0 spiro atoms. The Morgan fingerprint density at radius 3 is 2.50 bits per heavy atom. The van der Waals surface area contributed by atoms with Gasteiger partial charge in [-0.1, -0.05) is 0 Å². The number of aromatic nitrogens is 1. The Labute approximate surface area is 95.9 Å². The lowest BCUT2D eigenvalue weighted by atomic mass is 10.0. The molecule has 1 atom stereocenters. The zero-order chi connectivity index (χ0) is 12.2. The van der Waals surface area contributed by atoms with E-state index in [-0.39, 0.29) is 0 Å². The fourth-order valence-corrected chi connectivity index (χ4v) is 1.37. The summed E-state index contributed by atoms with van der Waals surface area (Å²) in [4.78, 5) is 15.8. The third-order valence-corrected chi connectivity index (χ3v) is 3.12. The standard InChI is InChI=1S/C12H18N2O2/c1-12(2,11(15)16)14(3)9-6-10-4-7-13-8-5-10/h4-5,7-8H,6,9H2,1-3H3,(H,15,16). The molecule has 4 nitrogen and oxygen atoms in total. The molecule has 1 aromatic rings. The zero-order valence-electron chi connectivity index (χ0n) is 9.99. The van der Waals surface area contributed by atoms with E-state index >= 15 is 0 Å². The first-order chi connectivity index (χ1) is 7.44. The lowest BCUT2D eigenvalue weighted by Crippen LogP contribution is -3.18. The number of carboxylic acid groups (broad SMARTS) is 1. The fraction of sp³-hybridized carbons (Fsp3) is 0.500.